The molecule has 0 spiro atoms. The van der Waals surface area contributed by atoms with Gasteiger partial charge in [-0.3, -0.25) is 9.36 Å². The van der Waals surface area contributed by atoms with Gasteiger partial charge in [0.05, 0.1) is 23.3 Å². The summed E-state index contributed by atoms with van der Waals surface area (Å²) in [6, 6.07) is 11.9. The Kier molecular flexibility index (Phi) is 8.05. The van der Waals surface area contributed by atoms with Gasteiger partial charge in [-0.15, -0.1) is 0 Å². The van der Waals surface area contributed by atoms with Crippen molar-refractivity contribution in [3.8, 4) is 0 Å². The lowest BCUT2D eigenvalue weighted by Crippen LogP contribution is -2.57. The number of aliphatic imine (C=N–C) groups is 1. The van der Waals surface area contributed by atoms with E-state index in [9.17, 15) is 4.79 Å². The molecule has 0 amide bonds. The number of piperazine rings is 1. The van der Waals surface area contributed by atoms with Crippen LogP contribution in [0.25, 0.3) is 10.9 Å². The molecule has 3 aromatic rings. The maximum absolute atomic E-state index is 13.5. The molecule has 1 aromatic heterocycles. The van der Waals surface area contributed by atoms with Gasteiger partial charge in [0.25, 0.3) is 5.56 Å². The van der Waals surface area contributed by atoms with Gasteiger partial charge in [-0.05, 0) is 92.2 Å². The molecule has 224 valence electrons. The summed E-state index contributed by atoms with van der Waals surface area (Å²) in [7, 11) is 0. The van der Waals surface area contributed by atoms with Crippen molar-refractivity contribution in [1.82, 2.24) is 19.8 Å². The van der Waals surface area contributed by atoms with Gasteiger partial charge in [0.15, 0.2) is 5.96 Å². The fraction of sp³-hybridized carbons (Fsp3) is 0.545. The maximum atomic E-state index is 13.5. The molecule has 7 rings (SSSR count). The monoisotopic (exact) mass is 608 g/mol. The van der Waals surface area contributed by atoms with Crippen molar-refractivity contribution in [1.29, 1.82) is 0 Å². The van der Waals surface area contributed by atoms with Crippen LogP contribution in [0.4, 0.5) is 5.69 Å². The molecule has 1 saturated heterocycles. The Bertz CT molecular complexity index is 1570. The standard InChI is InChI=1S/C33H42Cl2N6O/c1-19-17-40(11-10-36-19)32(39-29-14-23-13-27(21(29)3)33(23,4)5)38-25-8-9-26-30(16-25)37-18-41(31(26)42)20(2)12-22-6-7-24(34)15-28(22)35/h6-9,15-16,18-21,23,27,29,36H,10-14,17H2,1-5H3,(H,38,39)/t19-,20+,21-,23-,27+,29-/m0/s1. The lowest BCUT2D eigenvalue weighted by Gasteiger charge is -2.61. The number of aromatic nitrogens is 2. The van der Waals surface area contributed by atoms with Gasteiger partial charge in [0.1, 0.15) is 0 Å². The summed E-state index contributed by atoms with van der Waals surface area (Å²) in [6.45, 7) is 14.2. The minimum atomic E-state index is -0.118. The largest absolute Gasteiger partial charge is 0.340 e. The third-order valence-electron chi connectivity index (χ3n) is 10.3. The van der Waals surface area contributed by atoms with Crippen LogP contribution in [-0.4, -0.2) is 52.1 Å². The predicted molar refractivity (Wildman–Crippen MR) is 174 cm³/mol. The summed E-state index contributed by atoms with van der Waals surface area (Å²) in [4.78, 5) is 26.0. The Morgan fingerprint density at radius 2 is 2.00 bits per heavy atom. The van der Waals surface area contributed by atoms with Gasteiger partial charge < -0.3 is 15.5 Å². The van der Waals surface area contributed by atoms with E-state index in [0.29, 0.717) is 50.8 Å². The molecule has 2 bridgehead atoms. The van der Waals surface area contributed by atoms with Crippen LogP contribution in [0.3, 0.4) is 0 Å². The van der Waals surface area contributed by atoms with Crippen LogP contribution in [0.5, 0.6) is 0 Å². The van der Waals surface area contributed by atoms with Crippen LogP contribution < -0.4 is 16.2 Å². The van der Waals surface area contributed by atoms with Crippen molar-refractivity contribution < 1.29 is 0 Å². The molecular weight excluding hydrogens is 567 g/mol. The second-order valence-corrected chi connectivity index (χ2v) is 14.2. The van der Waals surface area contributed by atoms with Gasteiger partial charge in [-0.25, -0.2) is 9.98 Å². The number of hydrogen-bond donors (Lipinski definition) is 2. The van der Waals surface area contributed by atoms with Crippen LogP contribution in [0.2, 0.25) is 10.0 Å². The first-order valence-electron chi connectivity index (χ1n) is 15.3. The highest BCUT2D eigenvalue weighted by molar-refractivity contribution is 6.35. The summed E-state index contributed by atoms with van der Waals surface area (Å²) < 4.78 is 1.69. The van der Waals surface area contributed by atoms with Crippen LogP contribution in [0.1, 0.15) is 59.1 Å². The predicted octanol–water partition coefficient (Wildman–Crippen LogP) is 6.64. The molecule has 3 saturated carbocycles. The van der Waals surface area contributed by atoms with Crippen LogP contribution in [-0.2, 0) is 6.42 Å². The van der Waals surface area contributed by atoms with Crippen LogP contribution >= 0.6 is 23.2 Å². The molecule has 7 nitrogen and oxygen atoms in total. The SMILES string of the molecule is C[C@@H]1[C@@H](N=C(Nc2ccc3c(=O)n([C@H](C)Cc4ccc(Cl)cc4Cl)cnc3c2)N2CCN[C@@H](C)C2)C[C@@H]2C[C@H]1C2(C)C. The molecule has 1 aliphatic heterocycles. The average molecular weight is 610 g/mol. The van der Waals surface area contributed by atoms with Gasteiger partial charge in [0.2, 0.25) is 0 Å². The molecule has 9 heteroatoms. The van der Waals surface area contributed by atoms with E-state index < -0.39 is 0 Å². The number of rotatable bonds is 5. The minimum absolute atomic E-state index is 0.0631. The smallest absolute Gasteiger partial charge is 0.261 e. The molecule has 0 radical (unpaired) electrons. The lowest BCUT2D eigenvalue weighted by atomic mass is 9.45. The van der Waals surface area contributed by atoms with Crippen molar-refractivity contribution in [2.24, 2.45) is 28.2 Å². The Labute approximate surface area is 258 Å². The zero-order valence-corrected chi connectivity index (χ0v) is 26.7. The molecule has 4 aliphatic rings. The fourth-order valence-electron chi connectivity index (χ4n) is 7.53. The van der Waals surface area contributed by atoms with Crippen LogP contribution in [0, 0.1) is 23.2 Å². The van der Waals surface area contributed by atoms with E-state index in [1.807, 2.05) is 37.3 Å². The zero-order valence-electron chi connectivity index (χ0n) is 25.2. The van der Waals surface area contributed by atoms with E-state index in [1.54, 1.807) is 17.0 Å². The Morgan fingerprint density at radius 3 is 2.71 bits per heavy atom. The second-order valence-electron chi connectivity index (χ2n) is 13.4. The maximum Gasteiger partial charge on any atom is 0.261 e. The van der Waals surface area contributed by atoms with Gasteiger partial charge in [-0.2, -0.15) is 0 Å². The number of nitrogens with one attached hydrogen (secondary N) is 2. The highest BCUT2D eigenvalue weighted by atomic mass is 35.5. The van der Waals surface area contributed by atoms with Crippen LogP contribution in [0.15, 0.2) is 52.5 Å². The van der Waals surface area contributed by atoms with E-state index in [-0.39, 0.29) is 11.6 Å². The normalized spacial score (nSPS) is 27.9. The van der Waals surface area contributed by atoms with Gasteiger partial charge in [0, 0.05) is 47.5 Å². The Hall–Kier alpha value is -2.61. The molecule has 42 heavy (non-hydrogen) atoms. The first kappa shape index (κ1) is 29.5. The highest BCUT2D eigenvalue weighted by Crippen LogP contribution is 2.61. The summed E-state index contributed by atoms with van der Waals surface area (Å²) in [6.07, 6.45) is 4.74. The topological polar surface area (TPSA) is 74.5 Å². The number of halogens is 2. The second kappa shape index (κ2) is 11.5. The van der Waals surface area contributed by atoms with E-state index in [2.05, 4.69) is 43.2 Å². The minimum Gasteiger partial charge on any atom is -0.340 e. The van der Waals surface area contributed by atoms with Crippen molar-refractivity contribution in [3.05, 3.63) is 68.7 Å². The molecule has 2 aromatic carbocycles. The molecule has 4 fully saturated rings. The molecule has 2 heterocycles. The third kappa shape index (κ3) is 5.56. The van der Waals surface area contributed by atoms with E-state index in [0.717, 1.165) is 55.1 Å². The first-order chi connectivity index (χ1) is 20.0. The molecule has 2 N–H and O–H groups in total. The van der Waals surface area contributed by atoms with Crippen molar-refractivity contribution >= 4 is 45.8 Å². The molecular formula is C33H42Cl2N6O. The summed E-state index contributed by atoms with van der Waals surface area (Å²) in [5, 5.41) is 8.99. The highest BCUT2D eigenvalue weighted by Gasteiger charge is 2.56. The van der Waals surface area contributed by atoms with E-state index >= 15 is 0 Å². The Balaban J connectivity index is 1.25. The zero-order chi connectivity index (χ0) is 29.8. The fourth-order valence-corrected chi connectivity index (χ4v) is 8.01. The van der Waals surface area contributed by atoms with E-state index in [4.69, 9.17) is 33.2 Å². The number of benzene rings is 2. The van der Waals surface area contributed by atoms with Gasteiger partial charge in [-0.1, -0.05) is 50.0 Å². The summed E-state index contributed by atoms with van der Waals surface area (Å²) >= 11 is 12.5. The van der Waals surface area contributed by atoms with Crippen molar-refractivity contribution in [2.75, 3.05) is 25.0 Å². The molecule has 0 unspecified atom stereocenters. The van der Waals surface area contributed by atoms with Gasteiger partial charge >= 0.3 is 0 Å². The Morgan fingerprint density at radius 1 is 1.19 bits per heavy atom. The number of hydrogen-bond acceptors (Lipinski definition) is 4. The number of guanidine groups is 1. The van der Waals surface area contributed by atoms with Crippen molar-refractivity contribution in [2.45, 2.75) is 72.0 Å². The number of nitrogens with zero attached hydrogens (tertiary/aromatic N) is 4. The quantitative estimate of drug-likeness (QED) is 0.251. The molecule has 3 aliphatic carbocycles. The average Bonchev–Trinajstić information content (AvgIpc) is 2.95. The first-order valence-corrected chi connectivity index (χ1v) is 16.0. The third-order valence-corrected chi connectivity index (χ3v) is 10.9. The number of anilines is 1. The van der Waals surface area contributed by atoms with E-state index in [1.165, 1.54) is 6.42 Å². The summed E-state index contributed by atoms with van der Waals surface area (Å²) in [5.41, 5.74) is 2.87. The molecule has 6 atom stereocenters. The number of fused-ring (bicyclic) bond motifs is 3. The van der Waals surface area contributed by atoms with Crippen molar-refractivity contribution in [3.63, 3.8) is 0 Å². The lowest BCUT2D eigenvalue weighted by molar-refractivity contribution is -0.108. The summed E-state index contributed by atoms with van der Waals surface area (Å²) in [5.74, 6) is 2.98.